The predicted molar refractivity (Wildman–Crippen MR) is 157 cm³/mol. The van der Waals surface area contributed by atoms with Gasteiger partial charge in [-0.2, -0.15) is 0 Å². The van der Waals surface area contributed by atoms with E-state index in [-0.39, 0.29) is 63.2 Å². The van der Waals surface area contributed by atoms with Crippen LogP contribution in [0.5, 0.6) is 17.2 Å². The summed E-state index contributed by atoms with van der Waals surface area (Å²) in [5, 5.41) is 36.6. The van der Waals surface area contributed by atoms with Crippen LogP contribution >= 0.6 is 0 Å². The molecule has 14 heteroatoms. The van der Waals surface area contributed by atoms with Crippen LogP contribution in [0.2, 0.25) is 0 Å². The van der Waals surface area contributed by atoms with Crippen LogP contribution in [0.25, 0.3) is 11.0 Å². The minimum Gasteiger partial charge on any atom is -0.872 e. The van der Waals surface area contributed by atoms with Crippen molar-refractivity contribution >= 4 is 28.7 Å². The number of primary amides is 1. The van der Waals surface area contributed by atoms with Gasteiger partial charge < -0.3 is 49.7 Å². The van der Waals surface area contributed by atoms with Crippen LogP contribution in [0.1, 0.15) is 49.2 Å². The summed E-state index contributed by atoms with van der Waals surface area (Å²) in [6, 6.07) is 6.87. The zero-order valence-electron chi connectivity index (χ0n) is 26.1. The minimum atomic E-state index is -1.52. The molecule has 0 spiro atoms. The molecule has 0 radical (unpaired) electrons. The number of carbonyl (C=O) groups excluding carboxylic acids is 2. The van der Waals surface area contributed by atoms with Crippen LogP contribution < -0.4 is 56.1 Å². The Morgan fingerprint density at radius 1 is 1.20 bits per heavy atom. The number of fused-ring (bicyclic) bond motifs is 1. The van der Waals surface area contributed by atoms with Gasteiger partial charge in [0.2, 0.25) is 6.29 Å². The second-order valence-electron chi connectivity index (χ2n) is 11.2. The molecule has 2 aromatic carbocycles. The molecule has 1 aliphatic heterocycles. The van der Waals surface area contributed by atoms with Crippen molar-refractivity contribution < 1.29 is 77.8 Å². The Balaban J connectivity index is 0.00000552. The van der Waals surface area contributed by atoms with Crippen LogP contribution in [-0.4, -0.2) is 59.5 Å². The van der Waals surface area contributed by atoms with Crippen LogP contribution in [0.3, 0.4) is 0 Å². The van der Waals surface area contributed by atoms with Crippen molar-refractivity contribution in [2.75, 3.05) is 12.4 Å². The second kappa shape index (κ2) is 14.2. The summed E-state index contributed by atoms with van der Waals surface area (Å²) < 4.78 is 27.8. The van der Waals surface area contributed by atoms with E-state index in [2.05, 4.69) is 5.32 Å². The maximum absolute atomic E-state index is 13.0. The van der Waals surface area contributed by atoms with Crippen molar-refractivity contribution in [3.05, 3.63) is 69.1 Å². The number of rotatable bonds is 8. The number of amides is 2. The van der Waals surface area contributed by atoms with Gasteiger partial charge in [0.15, 0.2) is 23.6 Å². The Hall–Kier alpha value is -3.59. The van der Waals surface area contributed by atoms with Crippen LogP contribution in [0.15, 0.2) is 51.2 Å². The van der Waals surface area contributed by atoms with Gasteiger partial charge in [0.1, 0.15) is 17.4 Å². The number of nitrogens with two attached hydrogens (primary N) is 1. The summed E-state index contributed by atoms with van der Waals surface area (Å²) in [4.78, 5) is 37.5. The molecular formula is C31H35N2NaO11. The van der Waals surface area contributed by atoms with Crippen molar-refractivity contribution in [1.29, 1.82) is 0 Å². The number of aromatic hydroxyl groups is 1. The summed E-state index contributed by atoms with van der Waals surface area (Å²) in [5.41, 5.74) is 4.31. The van der Waals surface area contributed by atoms with Gasteiger partial charge >= 0.3 is 41.3 Å². The van der Waals surface area contributed by atoms with E-state index in [0.29, 0.717) is 12.0 Å². The van der Waals surface area contributed by atoms with Gasteiger partial charge in [-0.25, -0.2) is 9.59 Å². The first-order chi connectivity index (χ1) is 20.6. The largest absolute Gasteiger partial charge is 1.00 e. The number of aliphatic hydroxyl groups excluding tert-OH is 1. The molecule has 2 heterocycles. The average molecular weight is 635 g/mol. The van der Waals surface area contributed by atoms with E-state index in [4.69, 9.17) is 29.1 Å². The number of hydrogen-bond acceptors (Lipinski definition) is 11. The zero-order chi connectivity index (χ0) is 32.5. The van der Waals surface area contributed by atoms with E-state index in [1.807, 2.05) is 19.9 Å². The molecule has 0 bridgehead atoms. The van der Waals surface area contributed by atoms with Gasteiger partial charge in [-0.15, -0.1) is 5.75 Å². The van der Waals surface area contributed by atoms with Gasteiger partial charge in [0.05, 0.1) is 11.0 Å². The van der Waals surface area contributed by atoms with Gasteiger partial charge in [0.25, 0.3) is 5.91 Å². The van der Waals surface area contributed by atoms with Crippen molar-refractivity contribution in [2.45, 2.75) is 71.2 Å². The number of anilines is 1. The molecule has 4 rings (SSSR count). The Bertz CT molecular complexity index is 1680. The molecule has 13 nitrogen and oxygen atoms in total. The van der Waals surface area contributed by atoms with Crippen molar-refractivity contribution in [1.82, 2.24) is 0 Å². The molecule has 3 aromatic rings. The Morgan fingerprint density at radius 2 is 1.89 bits per heavy atom. The van der Waals surface area contributed by atoms with Crippen molar-refractivity contribution in [2.24, 2.45) is 5.73 Å². The molecule has 1 aliphatic rings. The van der Waals surface area contributed by atoms with E-state index >= 15 is 0 Å². The molecule has 4 atom stereocenters. The predicted octanol–water partition coefficient (Wildman–Crippen LogP) is -0.000880. The third-order valence-corrected chi connectivity index (χ3v) is 7.31. The van der Waals surface area contributed by atoms with Crippen molar-refractivity contribution in [3.8, 4) is 17.2 Å². The molecule has 1 aromatic heterocycles. The molecule has 0 unspecified atom stereocenters. The zero-order valence-corrected chi connectivity index (χ0v) is 28.1. The smallest absolute Gasteiger partial charge is 0.872 e. The standard InChI is InChI=1S/C31H36N2O11.Na/c1-14(2)7-8-16-13-17(9-11-19(16)34)27(37)33-21-22(35)18-10-12-20(15(3)24(18)42-28(21)38)41-29-23(36)25(43-30(32)39)26(40-6)31(4,5)44-29;/h7,9-13,23,25-26,29,34-36H,8H2,1-6H3,(H2,32,39)(H,33,37);/q;+1/p-1/t23-,25+,26+,29+;/m1./s1. The maximum atomic E-state index is 13.0. The van der Waals surface area contributed by atoms with E-state index in [9.17, 15) is 29.7 Å². The minimum absolute atomic E-state index is 0. The molecular weight excluding hydrogens is 599 g/mol. The third-order valence-electron chi connectivity index (χ3n) is 7.31. The van der Waals surface area contributed by atoms with E-state index in [1.54, 1.807) is 20.8 Å². The summed E-state index contributed by atoms with van der Waals surface area (Å²) in [7, 11) is 1.37. The van der Waals surface area contributed by atoms with Gasteiger partial charge in [-0.1, -0.05) is 29.3 Å². The number of benzene rings is 2. The van der Waals surface area contributed by atoms with Crippen molar-refractivity contribution in [3.63, 3.8) is 0 Å². The number of aliphatic hydroxyl groups is 1. The molecule has 1 fully saturated rings. The van der Waals surface area contributed by atoms with Crippen LogP contribution in [0.4, 0.5) is 10.5 Å². The number of methoxy groups -OCH3 is 1. The molecule has 1 saturated heterocycles. The fourth-order valence-corrected chi connectivity index (χ4v) is 5.05. The number of aryl methyl sites for hydroxylation is 1. The fraction of sp³-hybridized carbons (Fsp3) is 0.387. The SMILES string of the molecule is CO[C@H]1[C@@H](OC(N)=O)[C@@H](O)[C@@H](Oc2ccc3c(O)c(NC(=O)c4ccc([O-])c(CC=C(C)C)c4)c(=O)oc3c2C)OC1(C)C.[Na+]. The number of hydrogen-bond donors (Lipinski definition) is 4. The molecule has 0 aliphatic carbocycles. The second-order valence-corrected chi connectivity index (χ2v) is 11.2. The number of nitrogens with one attached hydrogen (secondary N) is 1. The van der Waals surface area contributed by atoms with E-state index < -0.39 is 59.3 Å². The first-order valence-corrected chi connectivity index (χ1v) is 13.7. The van der Waals surface area contributed by atoms with E-state index in [0.717, 1.165) is 5.57 Å². The molecule has 2 amide bonds. The Morgan fingerprint density at radius 3 is 2.51 bits per heavy atom. The van der Waals surface area contributed by atoms with Crippen LogP contribution in [0, 0.1) is 6.92 Å². The monoisotopic (exact) mass is 634 g/mol. The number of allylic oxidation sites excluding steroid dienone is 2. The molecule has 236 valence electrons. The van der Waals surface area contributed by atoms with Crippen LogP contribution in [-0.2, 0) is 20.6 Å². The summed E-state index contributed by atoms with van der Waals surface area (Å²) in [6.07, 6.45) is -3.93. The fourth-order valence-electron chi connectivity index (χ4n) is 5.05. The molecule has 0 saturated carbocycles. The van der Waals surface area contributed by atoms with Gasteiger partial charge in [-0.05, 0) is 59.2 Å². The summed E-state index contributed by atoms with van der Waals surface area (Å²) in [5.74, 6) is -1.38. The summed E-state index contributed by atoms with van der Waals surface area (Å²) >= 11 is 0. The normalized spacial score (nSPS) is 20.5. The average Bonchev–Trinajstić information content (AvgIpc) is 2.94. The molecule has 45 heavy (non-hydrogen) atoms. The quantitative estimate of drug-likeness (QED) is 0.148. The van der Waals surface area contributed by atoms with E-state index in [1.165, 1.54) is 37.4 Å². The maximum Gasteiger partial charge on any atom is 1.00 e. The third kappa shape index (κ3) is 7.63. The number of ether oxygens (including phenoxy) is 4. The Labute approximate surface area is 281 Å². The number of carbonyl (C=O) groups is 2. The van der Waals surface area contributed by atoms with Gasteiger partial charge in [0, 0.05) is 18.2 Å². The topological polar surface area (TPSA) is 203 Å². The molecule has 5 N–H and O–H groups in total. The summed E-state index contributed by atoms with van der Waals surface area (Å²) in [6.45, 7) is 8.63. The first kappa shape index (κ1) is 35.9. The van der Waals surface area contributed by atoms with Gasteiger partial charge in [-0.3, -0.25) is 4.79 Å². The Kier molecular flexibility index (Phi) is 11.3. The first-order valence-electron chi connectivity index (χ1n) is 13.7.